The number of hydrogen-bond donors (Lipinski definition) is 0. The molecule has 0 fully saturated rings. The van der Waals surface area contributed by atoms with E-state index in [-0.39, 0.29) is 0 Å². The summed E-state index contributed by atoms with van der Waals surface area (Å²) in [6.45, 7) is 7.91. The minimum absolute atomic E-state index is 0.568. The summed E-state index contributed by atoms with van der Waals surface area (Å²) in [4.78, 5) is 21.7. The average molecular weight is 696 g/mol. The van der Waals surface area contributed by atoms with Crippen molar-refractivity contribution in [2.45, 2.75) is 6.42 Å². The number of hydrogen-bond acceptors (Lipinski definition) is 4. The number of rotatable bonds is 7. The Bertz CT molecular complexity index is 2530. The fraction of sp³-hybridized carbons (Fsp3) is 0.0213. The second-order valence-corrected chi connectivity index (χ2v) is 17.0. The highest BCUT2D eigenvalue weighted by molar-refractivity contribution is 7.20. The third-order valence-corrected chi connectivity index (χ3v) is 14.8. The topological polar surface area (TPSA) is 46.3 Å². The SMILES string of the molecule is [C-]#[N+]c1cccc([Si](c2ccccc2)(c2ccccc2)c2cccc(-c3nc(-c4ccccc4)nc(N4c5ccccc5Cc5ccccc54)n3)c2)c1. The minimum Gasteiger partial charge on any atom is -0.278 e. The van der Waals surface area contributed by atoms with Crippen molar-refractivity contribution in [1.29, 1.82) is 0 Å². The Balaban J connectivity index is 1.30. The predicted molar refractivity (Wildman–Crippen MR) is 218 cm³/mol. The maximum Gasteiger partial charge on any atom is 0.238 e. The van der Waals surface area contributed by atoms with Crippen molar-refractivity contribution in [3.05, 3.63) is 211 Å². The van der Waals surface area contributed by atoms with E-state index in [0.717, 1.165) is 34.1 Å². The van der Waals surface area contributed by atoms with Crippen LogP contribution >= 0.6 is 0 Å². The monoisotopic (exact) mass is 695 g/mol. The van der Waals surface area contributed by atoms with Crippen LogP contribution in [0.15, 0.2) is 188 Å². The van der Waals surface area contributed by atoms with Gasteiger partial charge >= 0.3 is 0 Å². The molecule has 1 aliphatic heterocycles. The van der Waals surface area contributed by atoms with E-state index >= 15 is 0 Å². The van der Waals surface area contributed by atoms with Crippen LogP contribution in [-0.2, 0) is 6.42 Å². The van der Waals surface area contributed by atoms with Crippen molar-refractivity contribution < 1.29 is 0 Å². The zero-order valence-electron chi connectivity index (χ0n) is 28.8. The van der Waals surface area contributed by atoms with E-state index < -0.39 is 8.07 Å². The van der Waals surface area contributed by atoms with Crippen LogP contribution < -0.4 is 25.6 Å². The molecule has 8 aromatic rings. The maximum atomic E-state index is 7.91. The standard InChI is InChI=1S/C47H33N5Si/c1-48-38-22-16-28-42(33-38)53(39-23-7-3-8-24-39,40-25-9-4-10-26-40)41-27-15-21-37(32-41)46-49-45(34-17-5-2-6-18-34)50-47(51-46)52-43-29-13-11-19-35(43)31-36-20-12-14-30-44(36)52/h2-30,32-33H,31H2. The van der Waals surface area contributed by atoms with E-state index in [1.165, 1.54) is 26.7 Å². The van der Waals surface area contributed by atoms with Gasteiger partial charge < -0.3 is 0 Å². The molecule has 0 amide bonds. The fourth-order valence-corrected chi connectivity index (χ4v) is 12.5. The summed E-state index contributed by atoms with van der Waals surface area (Å²) < 4.78 is 0. The Morgan fingerprint density at radius 2 is 0.925 bits per heavy atom. The molecule has 2 heterocycles. The van der Waals surface area contributed by atoms with E-state index in [0.29, 0.717) is 23.3 Å². The molecular weight excluding hydrogens is 663 g/mol. The van der Waals surface area contributed by atoms with Crippen LogP contribution in [-0.4, -0.2) is 23.0 Å². The molecule has 0 atom stereocenters. The van der Waals surface area contributed by atoms with Crippen molar-refractivity contribution in [3.8, 4) is 22.8 Å². The average Bonchev–Trinajstić information content (AvgIpc) is 3.24. The Morgan fingerprint density at radius 3 is 1.53 bits per heavy atom. The lowest BCUT2D eigenvalue weighted by molar-refractivity contribution is 0.990. The Morgan fingerprint density at radius 1 is 0.453 bits per heavy atom. The lowest BCUT2D eigenvalue weighted by Crippen LogP contribution is -2.74. The molecule has 0 N–H and O–H groups in total. The van der Waals surface area contributed by atoms with Crippen LogP contribution in [0.3, 0.4) is 0 Å². The van der Waals surface area contributed by atoms with Crippen LogP contribution in [0.25, 0.3) is 27.6 Å². The van der Waals surface area contributed by atoms with Gasteiger partial charge in [-0.3, -0.25) is 4.90 Å². The molecule has 6 heteroatoms. The van der Waals surface area contributed by atoms with E-state index in [1.807, 2.05) is 42.5 Å². The third-order valence-electron chi connectivity index (χ3n) is 10.1. The van der Waals surface area contributed by atoms with Gasteiger partial charge in [-0.05, 0) is 38.8 Å². The van der Waals surface area contributed by atoms with Crippen LogP contribution in [0.1, 0.15) is 11.1 Å². The molecule has 0 bridgehead atoms. The van der Waals surface area contributed by atoms with E-state index in [1.54, 1.807) is 0 Å². The van der Waals surface area contributed by atoms with Crippen molar-refractivity contribution >= 4 is 51.8 Å². The van der Waals surface area contributed by atoms with Gasteiger partial charge in [0.1, 0.15) is 0 Å². The lowest BCUT2D eigenvalue weighted by Gasteiger charge is -2.35. The lowest BCUT2D eigenvalue weighted by atomic mass is 9.96. The van der Waals surface area contributed by atoms with Crippen LogP contribution in [0.4, 0.5) is 23.0 Å². The molecule has 0 spiro atoms. The number of benzene rings is 7. The largest absolute Gasteiger partial charge is 0.278 e. The Kier molecular flexibility index (Phi) is 8.24. The molecule has 1 aliphatic rings. The number of fused-ring (bicyclic) bond motifs is 2. The smallest absolute Gasteiger partial charge is 0.238 e. The highest BCUT2D eigenvalue weighted by Gasteiger charge is 2.41. The number of para-hydroxylation sites is 2. The van der Waals surface area contributed by atoms with Gasteiger partial charge in [-0.15, -0.1) is 0 Å². The molecule has 1 aromatic heterocycles. The van der Waals surface area contributed by atoms with Crippen molar-refractivity contribution in [2.75, 3.05) is 4.90 Å². The highest BCUT2D eigenvalue weighted by atomic mass is 28.3. The summed E-state index contributed by atoms with van der Waals surface area (Å²) in [7, 11) is -2.96. The summed E-state index contributed by atoms with van der Waals surface area (Å²) in [5.74, 6) is 1.77. The van der Waals surface area contributed by atoms with Gasteiger partial charge in [0.25, 0.3) is 0 Å². The van der Waals surface area contributed by atoms with E-state index in [4.69, 9.17) is 21.5 Å². The van der Waals surface area contributed by atoms with Crippen LogP contribution in [0.2, 0.25) is 0 Å². The highest BCUT2D eigenvalue weighted by Crippen LogP contribution is 2.43. The first kappa shape index (κ1) is 32.0. The van der Waals surface area contributed by atoms with Crippen molar-refractivity contribution in [3.63, 3.8) is 0 Å². The summed E-state index contributed by atoms with van der Waals surface area (Å²) >= 11 is 0. The molecule has 0 saturated heterocycles. The Labute approximate surface area is 310 Å². The van der Waals surface area contributed by atoms with Crippen LogP contribution in [0.5, 0.6) is 0 Å². The Hall–Kier alpha value is -6.94. The van der Waals surface area contributed by atoms with Gasteiger partial charge in [-0.1, -0.05) is 181 Å². The molecule has 0 aliphatic carbocycles. The van der Waals surface area contributed by atoms with Gasteiger partial charge in [-0.2, -0.15) is 9.97 Å². The first-order valence-electron chi connectivity index (χ1n) is 17.7. The van der Waals surface area contributed by atoms with Gasteiger partial charge in [0.05, 0.1) is 17.9 Å². The first-order valence-corrected chi connectivity index (χ1v) is 19.7. The minimum atomic E-state index is -2.96. The molecule has 250 valence electrons. The van der Waals surface area contributed by atoms with Crippen LogP contribution in [0, 0.1) is 6.57 Å². The van der Waals surface area contributed by atoms with Gasteiger partial charge in [-0.25, -0.2) is 9.83 Å². The van der Waals surface area contributed by atoms with Crippen molar-refractivity contribution in [1.82, 2.24) is 15.0 Å². The zero-order chi connectivity index (χ0) is 35.6. The summed E-state index contributed by atoms with van der Waals surface area (Å²) in [5, 5.41) is 4.77. The molecular formula is C47H33N5Si. The number of aromatic nitrogens is 3. The molecule has 9 rings (SSSR count). The van der Waals surface area contributed by atoms with Gasteiger partial charge in [0.15, 0.2) is 25.4 Å². The van der Waals surface area contributed by atoms with E-state index in [2.05, 4.69) is 155 Å². The van der Waals surface area contributed by atoms with Crippen molar-refractivity contribution in [2.24, 2.45) is 0 Å². The predicted octanol–water partition coefficient (Wildman–Crippen LogP) is 8.51. The summed E-state index contributed by atoms with van der Waals surface area (Å²) in [5.41, 5.74) is 7.01. The molecule has 0 saturated carbocycles. The summed E-state index contributed by atoms with van der Waals surface area (Å²) in [6.07, 6.45) is 0.842. The van der Waals surface area contributed by atoms with Gasteiger partial charge in [0, 0.05) is 17.5 Å². The number of anilines is 3. The quantitative estimate of drug-likeness (QED) is 0.0954. The first-order chi connectivity index (χ1) is 26.2. The third kappa shape index (κ3) is 5.70. The molecule has 53 heavy (non-hydrogen) atoms. The van der Waals surface area contributed by atoms with Gasteiger partial charge in [0.2, 0.25) is 5.95 Å². The zero-order valence-corrected chi connectivity index (χ0v) is 29.8. The normalized spacial score (nSPS) is 12.0. The molecule has 0 radical (unpaired) electrons. The molecule has 0 unspecified atom stereocenters. The second-order valence-electron chi connectivity index (χ2n) is 13.1. The maximum absolute atomic E-state index is 7.91. The summed E-state index contributed by atoms with van der Waals surface area (Å²) in [6, 6.07) is 65.5. The molecule has 5 nitrogen and oxygen atoms in total. The molecule has 7 aromatic carbocycles. The fourth-order valence-electron chi connectivity index (χ4n) is 7.69. The number of nitrogens with zero attached hydrogens (tertiary/aromatic N) is 5. The second kappa shape index (κ2) is 13.6. The van der Waals surface area contributed by atoms with E-state index in [9.17, 15) is 0 Å².